The SMILES string of the molecule is [O-]/[N+](=C\CC1(O)CCCCC1Cl)C1CCCCC1. The van der Waals surface area contributed by atoms with E-state index in [2.05, 4.69) is 0 Å². The molecule has 2 rings (SSSR count). The lowest BCUT2D eigenvalue weighted by Gasteiger charge is -2.35. The van der Waals surface area contributed by atoms with E-state index in [1.54, 1.807) is 6.21 Å². The van der Waals surface area contributed by atoms with Crippen molar-refractivity contribution in [3.05, 3.63) is 5.21 Å². The molecular weight excluding hydrogens is 250 g/mol. The predicted molar refractivity (Wildman–Crippen MR) is 74.2 cm³/mol. The number of hydrogen-bond donors (Lipinski definition) is 1. The lowest BCUT2D eigenvalue weighted by Crippen LogP contribution is -2.43. The molecule has 0 aromatic rings. The Hall–Kier alpha value is -0.280. The average Bonchev–Trinajstić information content (AvgIpc) is 2.41. The molecule has 0 aromatic carbocycles. The van der Waals surface area contributed by atoms with Gasteiger partial charge in [0.2, 0.25) is 0 Å². The summed E-state index contributed by atoms with van der Waals surface area (Å²) < 4.78 is 1.08. The van der Waals surface area contributed by atoms with E-state index in [0.29, 0.717) is 6.42 Å². The van der Waals surface area contributed by atoms with Crippen molar-refractivity contribution in [3.63, 3.8) is 0 Å². The largest absolute Gasteiger partial charge is 0.624 e. The molecule has 0 heterocycles. The van der Waals surface area contributed by atoms with Gasteiger partial charge >= 0.3 is 0 Å². The van der Waals surface area contributed by atoms with Crippen molar-refractivity contribution >= 4 is 17.8 Å². The molecule has 18 heavy (non-hydrogen) atoms. The first-order valence-corrected chi connectivity index (χ1v) is 7.71. The Bertz CT molecular complexity index is 302. The van der Waals surface area contributed by atoms with E-state index in [4.69, 9.17) is 11.6 Å². The van der Waals surface area contributed by atoms with Crippen LogP contribution in [-0.4, -0.2) is 33.1 Å². The standard InChI is InChI=1S/C14H24ClNO2/c15-13-8-4-5-9-14(13,17)10-11-16(18)12-6-2-1-3-7-12/h11-13,17H,1-10H2/b16-11-. The molecule has 2 aliphatic carbocycles. The number of hydroxylamine groups is 1. The van der Waals surface area contributed by atoms with Crippen LogP contribution in [0, 0.1) is 5.21 Å². The van der Waals surface area contributed by atoms with Gasteiger partial charge in [-0.05, 0) is 25.7 Å². The molecule has 2 atom stereocenters. The minimum atomic E-state index is -0.864. The van der Waals surface area contributed by atoms with Crippen molar-refractivity contribution in [1.82, 2.24) is 0 Å². The lowest BCUT2D eigenvalue weighted by atomic mass is 9.82. The summed E-state index contributed by atoms with van der Waals surface area (Å²) in [7, 11) is 0. The van der Waals surface area contributed by atoms with E-state index in [-0.39, 0.29) is 11.4 Å². The highest BCUT2D eigenvalue weighted by atomic mass is 35.5. The maximum absolute atomic E-state index is 12.0. The number of rotatable bonds is 3. The van der Waals surface area contributed by atoms with Crippen LogP contribution in [0.5, 0.6) is 0 Å². The number of hydrogen-bond acceptors (Lipinski definition) is 2. The first kappa shape index (κ1) is 14.1. The zero-order valence-electron chi connectivity index (χ0n) is 11.0. The molecule has 3 nitrogen and oxygen atoms in total. The average molecular weight is 274 g/mol. The Kier molecular flexibility index (Phi) is 4.91. The van der Waals surface area contributed by atoms with E-state index in [1.165, 1.54) is 6.42 Å². The molecule has 0 radical (unpaired) electrons. The fourth-order valence-electron chi connectivity index (χ4n) is 3.14. The fraction of sp³-hybridized carbons (Fsp3) is 0.929. The number of aliphatic hydroxyl groups is 1. The maximum atomic E-state index is 12.0. The minimum absolute atomic E-state index is 0.125. The fourth-order valence-corrected chi connectivity index (χ4v) is 3.50. The molecule has 2 aliphatic rings. The molecule has 1 N–H and O–H groups in total. The van der Waals surface area contributed by atoms with Gasteiger partial charge in [-0.25, -0.2) is 4.74 Å². The van der Waals surface area contributed by atoms with Crippen LogP contribution in [-0.2, 0) is 0 Å². The molecule has 0 bridgehead atoms. The van der Waals surface area contributed by atoms with Crippen LogP contribution in [0.4, 0.5) is 0 Å². The molecule has 0 saturated heterocycles. The Morgan fingerprint density at radius 2 is 1.83 bits per heavy atom. The van der Waals surface area contributed by atoms with Crippen LogP contribution in [0.25, 0.3) is 0 Å². The molecule has 0 spiro atoms. The Balaban J connectivity index is 1.91. The summed E-state index contributed by atoms with van der Waals surface area (Å²) in [5.74, 6) is 0. The second-order valence-electron chi connectivity index (χ2n) is 5.86. The predicted octanol–water partition coefficient (Wildman–Crippen LogP) is 3.20. The number of nitrogens with zero attached hydrogens (tertiary/aromatic N) is 1. The van der Waals surface area contributed by atoms with Gasteiger partial charge in [0.25, 0.3) is 0 Å². The third-order valence-electron chi connectivity index (χ3n) is 4.46. The van der Waals surface area contributed by atoms with Crippen LogP contribution in [0.15, 0.2) is 0 Å². The number of alkyl halides is 1. The van der Waals surface area contributed by atoms with Crippen LogP contribution >= 0.6 is 11.6 Å². The van der Waals surface area contributed by atoms with Crippen molar-refractivity contribution in [2.24, 2.45) is 0 Å². The lowest BCUT2D eigenvalue weighted by molar-refractivity contribution is -0.502. The molecule has 0 aliphatic heterocycles. The summed E-state index contributed by atoms with van der Waals surface area (Å²) in [5, 5.41) is 22.2. The zero-order valence-corrected chi connectivity index (χ0v) is 11.7. The summed E-state index contributed by atoms with van der Waals surface area (Å²) >= 11 is 6.20. The highest BCUT2D eigenvalue weighted by Gasteiger charge is 2.38. The Morgan fingerprint density at radius 3 is 2.50 bits per heavy atom. The molecule has 0 amide bonds. The molecule has 104 valence electrons. The Labute approximate surface area is 114 Å². The summed E-state index contributed by atoms with van der Waals surface area (Å²) in [5.41, 5.74) is -0.864. The molecule has 2 unspecified atom stereocenters. The topological polar surface area (TPSA) is 46.3 Å². The van der Waals surface area contributed by atoms with E-state index < -0.39 is 5.60 Å². The second-order valence-corrected chi connectivity index (χ2v) is 6.38. The van der Waals surface area contributed by atoms with Crippen molar-refractivity contribution in [1.29, 1.82) is 0 Å². The van der Waals surface area contributed by atoms with Gasteiger partial charge in [0.1, 0.15) is 0 Å². The van der Waals surface area contributed by atoms with Gasteiger partial charge in [-0.2, -0.15) is 0 Å². The van der Waals surface area contributed by atoms with Crippen molar-refractivity contribution in [2.45, 2.75) is 81.2 Å². The van der Waals surface area contributed by atoms with Crippen LogP contribution in [0.2, 0.25) is 0 Å². The van der Waals surface area contributed by atoms with Crippen LogP contribution < -0.4 is 0 Å². The van der Waals surface area contributed by atoms with Crippen molar-refractivity contribution in [2.75, 3.05) is 0 Å². The zero-order chi connectivity index (χ0) is 13.0. The summed E-state index contributed by atoms with van der Waals surface area (Å²) in [6, 6.07) is 0.125. The first-order valence-electron chi connectivity index (χ1n) is 7.27. The van der Waals surface area contributed by atoms with Crippen LogP contribution in [0.1, 0.15) is 64.2 Å². The summed E-state index contributed by atoms with van der Waals surface area (Å²) in [4.78, 5) is 0. The monoisotopic (exact) mass is 273 g/mol. The minimum Gasteiger partial charge on any atom is -0.624 e. The van der Waals surface area contributed by atoms with Gasteiger partial charge in [-0.15, -0.1) is 11.6 Å². The van der Waals surface area contributed by atoms with Gasteiger partial charge in [0, 0.05) is 12.8 Å². The van der Waals surface area contributed by atoms with Gasteiger partial charge < -0.3 is 10.3 Å². The van der Waals surface area contributed by atoms with E-state index >= 15 is 0 Å². The van der Waals surface area contributed by atoms with Crippen LogP contribution in [0.3, 0.4) is 0 Å². The highest BCUT2D eigenvalue weighted by Crippen LogP contribution is 2.34. The van der Waals surface area contributed by atoms with Gasteiger partial charge in [-0.3, -0.25) is 0 Å². The first-order chi connectivity index (χ1) is 8.62. The van der Waals surface area contributed by atoms with Crippen molar-refractivity contribution in [3.8, 4) is 0 Å². The summed E-state index contributed by atoms with van der Waals surface area (Å²) in [6.45, 7) is 0. The maximum Gasteiger partial charge on any atom is 0.162 e. The van der Waals surface area contributed by atoms with E-state index in [1.807, 2.05) is 0 Å². The second kappa shape index (κ2) is 6.25. The van der Waals surface area contributed by atoms with Gasteiger partial charge in [0.05, 0.1) is 17.4 Å². The third-order valence-corrected chi connectivity index (χ3v) is 5.08. The molecular formula is C14H24ClNO2. The molecule has 4 heteroatoms. The quantitative estimate of drug-likeness (QED) is 0.282. The van der Waals surface area contributed by atoms with Gasteiger partial charge in [0.15, 0.2) is 12.3 Å². The van der Waals surface area contributed by atoms with Gasteiger partial charge in [-0.1, -0.05) is 19.3 Å². The molecule has 2 fully saturated rings. The van der Waals surface area contributed by atoms with E-state index in [9.17, 15) is 10.3 Å². The smallest absolute Gasteiger partial charge is 0.162 e. The Morgan fingerprint density at radius 1 is 1.17 bits per heavy atom. The highest BCUT2D eigenvalue weighted by molar-refractivity contribution is 6.21. The normalized spacial score (nSPS) is 35.7. The number of halogens is 1. The van der Waals surface area contributed by atoms with E-state index in [0.717, 1.165) is 56.1 Å². The van der Waals surface area contributed by atoms with Crippen molar-refractivity contribution < 1.29 is 9.85 Å². The third kappa shape index (κ3) is 3.39. The molecule has 2 saturated carbocycles. The molecule has 0 aromatic heterocycles. The summed E-state index contributed by atoms with van der Waals surface area (Å²) in [6.07, 6.45) is 11.2.